The first-order valence-electron chi connectivity index (χ1n) is 5.58. The molecule has 3 nitrogen and oxygen atoms in total. The largest absolute Gasteiger partial charge is 0.325 e. The maximum Gasteiger partial charge on any atom is 0.106 e. The normalized spacial score (nSPS) is 13.4. The molecule has 1 unspecified atom stereocenters. The first-order chi connectivity index (χ1) is 7.21. The highest BCUT2D eigenvalue weighted by molar-refractivity contribution is 7.09. The van der Waals surface area contributed by atoms with Crippen LogP contribution in [0.25, 0.3) is 0 Å². The van der Waals surface area contributed by atoms with Crippen molar-refractivity contribution in [1.82, 2.24) is 9.88 Å². The molecule has 1 aromatic heterocycles. The van der Waals surface area contributed by atoms with Crippen LogP contribution < -0.4 is 5.73 Å². The van der Waals surface area contributed by atoms with Gasteiger partial charge in [-0.2, -0.15) is 0 Å². The van der Waals surface area contributed by atoms with Gasteiger partial charge in [0.15, 0.2) is 0 Å². The predicted molar refractivity (Wildman–Crippen MR) is 65.8 cm³/mol. The highest BCUT2D eigenvalue weighted by Crippen LogP contribution is 2.13. The first-order valence-corrected chi connectivity index (χ1v) is 6.46. The Morgan fingerprint density at radius 1 is 1.53 bits per heavy atom. The van der Waals surface area contributed by atoms with Gasteiger partial charge in [-0.15, -0.1) is 11.3 Å². The van der Waals surface area contributed by atoms with Gasteiger partial charge in [0, 0.05) is 24.5 Å². The third-order valence-corrected chi connectivity index (χ3v) is 3.68. The third-order valence-electron chi connectivity index (χ3n) is 2.76. The number of thiazole rings is 1. The Bertz CT molecular complexity index is 285. The molecule has 0 fully saturated rings. The lowest BCUT2D eigenvalue weighted by molar-refractivity contribution is 0.204. The number of hydrogen-bond donors (Lipinski definition) is 1. The highest BCUT2D eigenvalue weighted by atomic mass is 32.1. The van der Waals surface area contributed by atoms with Crippen molar-refractivity contribution in [3.63, 3.8) is 0 Å². The second-order valence-electron chi connectivity index (χ2n) is 3.76. The molecule has 0 bridgehead atoms. The van der Waals surface area contributed by atoms with Crippen LogP contribution in [-0.4, -0.2) is 22.5 Å². The standard InChI is InChI=1S/C11H21N3S/c1-4-9(3)14(5-2)7-10-8-15-11(6-12)13-10/h8-9H,4-7,12H2,1-3H3. The van der Waals surface area contributed by atoms with E-state index in [2.05, 4.69) is 36.0 Å². The summed E-state index contributed by atoms with van der Waals surface area (Å²) in [5.41, 5.74) is 6.70. The van der Waals surface area contributed by atoms with Gasteiger partial charge >= 0.3 is 0 Å². The fourth-order valence-corrected chi connectivity index (χ4v) is 2.23. The molecular weight excluding hydrogens is 206 g/mol. The zero-order valence-corrected chi connectivity index (χ0v) is 10.7. The molecule has 0 saturated carbocycles. The summed E-state index contributed by atoms with van der Waals surface area (Å²) in [5.74, 6) is 0. The lowest BCUT2D eigenvalue weighted by Crippen LogP contribution is -2.31. The van der Waals surface area contributed by atoms with Crippen molar-refractivity contribution < 1.29 is 0 Å². The Labute approximate surface area is 96.3 Å². The second-order valence-corrected chi connectivity index (χ2v) is 4.70. The van der Waals surface area contributed by atoms with Crippen LogP contribution in [-0.2, 0) is 13.1 Å². The molecule has 0 radical (unpaired) electrons. The summed E-state index contributed by atoms with van der Waals surface area (Å²) in [4.78, 5) is 6.92. The molecule has 0 spiro atoms. The summed E-state index contributed by atoms with van der Waals surface area (Å²) in [6.45, 7) is 9.26. The fourth-order valence-electron chi connectivity index (χ4n) is 1.56. The minimum Gasteiger partial charge on any atom is -0.325 e. The van der Waals surface area contributed by atoms with Crippen molar-refractivity contribution in [2.75, 3.05) is 6.54 Å². The molecule has 0 aliphatic rings. The first kappa shape index (κ1) is 12.6. The van der Waals surface area contributed by atoms with Gasteiger partial charge in [0.05, 0.1) is 5.69 Å². The predicted octanol–water partition coefficient (Wildman–Crippen LogP) is 2.22. The molecule has 1 rings (SSSR count). The maximum atomic E-state index is 5.55. The summed E-state index contributed by atoms with van der Waals surface area (Å²) < 4.78 is 0. The zero-order chi connectivity index (χ0) is 11.3. The zero-order valence-electron chi connectivity index (χ0n) is 9.86. The molecule has 1 aromatic rings. The van der Waals surface area contributed by atoms with Crippen molar-refractivity contribution in [3.05, 3.63) is 16.1 Å². The number of nitrogens with two attached hydrogens (primary N) is 1. The van der Waals surface area contributed by atoms with E-state index in [1.807, 2.05) is 0 Å². The molecule has 0 aromatic carbocycles. The Morgan fingerprint density at radius 2 is 2.27 bits per heavy atom. The summed E-state index contributed by atoms with van der Waals surface area (Å²) in [7, 11) is 0. The Hall–Kier alpha value is -0.450. The number of hydrogen-bond acceptors (Lipinski definition) is 4. The van der Waals surface area contributed by atoms with Gasteiger partial charge < -0.3 is 5.73 Å². The molecule has 15 heavy (non-hydrogen) atoms. The maximum absolute atomic E-state index is 5.55. The van der Waals surface area contributed by atoms with Crippen molar-refractivity contribution in [3.8, 4) is 0 Å². The summed E-state index contributed by atoms with van der Waals surface area (Å²) in [6.07, 6.45) is 1.18. The van der Waals surface area contributed by atoms with Crippen molar-refractivity contribution >= 4 is 11.3 Å². The van der Waals surface area contributed by atoms with E-state index in [-0.39, 0.29) is 0 Å². The summed E-state index contributed by atoms with van der Waals surface area (Å²) >= 11 is 1.66. The van der Waals surface area contributed by atoms with Gasteiger partial charge in [0.25, 0.3) is 0 Å². The van der Waals surface area contributed by atoms with E-state index in [1.165, 1.54) is 6.42 Å². The Balaban J connectivity index is 2.58. The number of aromatic nitrogens is 1. The Kier molecular flexibility index (Phi) is 5.22. The van der Waals surface area contributed by atoms with Gasteiger partial charge in [-0.25, -0.2) is 4.98 Å². The van der Waals surface area contributed by atoms with E-state index < -0.39 is 0 Å². The van der Waals surface area contributed by atoms with E-state index in [1.54, 1.807) is 11.3 Å². The molecule has 2 N–H and O–H groups in total. The highest BCUT2D eigenvalue weighted by Gasteiger charge is 2.11. The van der Waals surface area contributed by atoms with Gasteiger partial charge in [0.1, 0.15) is 5.01 Å². The van der Waals surface area contributed by atoms with Gasteiger partial charge in [0.2, 0.25) is 0 Å². The third kappa shape index (κ3) is 3.55. The van der Waals surface area contributed by atoms with E-state index >= 15 is 0 Å². The van der Waals surface area contributed by atoms with Crippen LogP contribution in [0.15, 0.2) is 5.38 Å². The summed E-state index contributed by atoms with van der Waals surface area (Å²) in [6, 6.07) is 0.623. The van der Waals surface area contributed by atoms with Crippen LogP contribution in [0.4, 0.5) is 0 Å². The minimum absolute atomic E-state index is 0.556. The van der Waals surface area contributed by atoms with Crippen molar-refractivity contribution in [2.24, 2.45) is 5.73 Å². The van der Waals surface area contributed by atoms with E-state index in [0.29, 0.717) is 12.6 Å². The van der Waals surface area contributed by atoms with Crippen LogP contribution in [0, 0.1) is 0 Å². The number of rotatable bonds is 6. The van der Waals surface area contributed by atoms with Crippen LogP contribution in [0.1, 0.15) is 37.9 Å². The fraction of sp³-hybridized carbons (Fsp3) is 0.727. The molecule has 1 heterocycles. The minimum atomic E-state index is 0.556. The molecule has 0 aliphatic carbocycles. The molecular formula is C11H21N3S. The van der Waals surface area contributed by atoms with Gasteiger partial charge in [-0.1, -0.05) is 13.8 Å². The number of nitrogens with zero attached hydrogens (tertiary/aromatic N) is 2. The van der Waals surface area contributed by atoms with E-state index in [0.717, 1.165) is 23.8 Å². The molecule has 1 atom stereocenters. The van der Waals surface area contributed by atoms with Crippen LogP contribution in [0.3, 0.4) is 0 Å². The molecule has 4 heteroatoms. The van der Waals surface area contributed by atoms with E-state index in [9.17, 15) is 0 Å². The van der Waals surface area contributed by atoms with Crippen molar-refractivity contribution in [2.45, 2.75) is 46.3 Å². The molecule has 86 valence electrons. The van der Waals surface area contributed by atoms with Crippen LogP contribution in [0.2, 0.25) is 0 Å². The van der Waals surface area contributed by atoms with Crippen LogP contribution in [0.5, 0.6) is 0 Å². The average Bonchev–Trinajstić information content (AvgIpc) is 2.72. The molecule has 0 saturated heterocycles. The Morgan fingerprint density at radius 3 is 2.73 bits per heavy atom. The molecule has 0 amide bonds. The SMILES string of the molecule is CCC(C)N(CC)Cc1csc(CN)n1. The van der Waals surface area contributed by atoms with Gasteiger partial charge in [-0.3, -0.25) is 4.90 Å². The summed E-state index contributed by atoms with van der Waals surface area (Å²) in [5, 5.41) is 3.15. The van der Waals surface area contributed by atoms with Crippen molar-refractivity contribution in [1.29, 1.82) is 0 Å². The monoisotopic (exact) mass is 227 g/mol. The topological polar surface area (TPSA) is 42.1 Å². The van der Waals surface area contributed by atoms with Crippen LogP contribution >= 0.6 is 11.3 Å². The second kappa shape index (κ2) is 6.20. The lowest BCUT2D eigenvalue weighted by Gasteiger charge is -2.25. The quantitative estimate of drug-likeness (QED) is 0.810. The average molecular weight is 227 g/mol. The smallest absolute Gasteiger partial charge is 0.106 e. The molecule has 0 aliphatic heterocycles. The van der Waals surface area contributed by atoms with E-state index in [4.69, 9.17) is 5.73 Å². The van der Waals surface area contributed by atoms with Gasteiger partial charge in [-0.05, 0) is 19.9 Å². The lowest BCUT2D eigenvalue weighted by atomic mass is 10.2.